The number of sulfone groups is 1. The van der Waals surface area contributed by atoms with E-state index in [1.165, 1.54) is 0 Å². The summed E-state index contributed by atoms with van der Waals surface area (Å²) >= 11 is 0. The maximum Gasteiger partial charge on any atom is 0.231 e. The number of methoxy groups -OCH3 is 1. The lowest BCUT2D eigenvalue weighted by Gasteiger charge is -2.49. The summed E-state index contributed by atoms with van der Waals surface area (Å²) < 4.78 is 35.6. The van der Waals surface area contributed by atoms with Gasteiger partial charge in [-0.05, 0) is 37.0 Å². The van der Waals surface area contributed by atoms with E-state index in [1.807, 2.05) is 38.1 Å². The summed E-state index contributed by atoms with van der Waals surface area (Å²) in [6.07, 6.45) is 2.44. The van der Waals surface area contributed by atoms with Gasteiger partial charge in [-0.25, -0.2) is 8.42 Å². The lowest BCUT2D eigenvalue weighted by Crippen LogP contribution is -2.68. The zero-order valence-corrected chi connectivity index (χ0v) is 19.0. The molecule has 0 saturated carbocycles. The molecule has 2 saturated heterocycles. The predicted octanol–water partition coefficient (Wildman–Crippen LogP) is 2.59. The van der Waals surface area contributed by atoms with E-state index in [9.17, 15) is 13.2 Å². The van der Waals surface area contributed by atoms with Crippen LogP contribution in [0, 0.1) is 5.92 Å². The summed E-state index contributed by atoms with van der Waals surface area (Å²) in [7, 11) is -1.73. The van der Waals surface area contributed by atoms with Crippen LogP contribution >= 0.6 is 0 Å². The number of carbonyl (C=O) groups excluding carboxylic acids is 1. The molecular weight excluding hydrogens is 418 g/mol. The van der Waals surface area contributed by atoms with Crippen LogP contribution in [-0.2, 0) is 21.1 Å². The van der Waals surface area contributed by atoms with Crippen molar-refractivity contribution in [3.8, 4) is 5.75 Å². The summed E-state index contributed by atoms with van der Waals surface area (Å²) in [5.74, 6) is 1.35. The van der Waals surface area contributed by atoms with E-state index in [0.717, 1.165) is 24.2 Å². The lowest BCUT2D eigenvalue weighted by molar-refractivity contribution is -0.141. The highest BCUT2D eigenvalue weighted by molar-refractivity contribution is 7.93. The largest absolute Gasteiger partial charge is 0.497 e. The molecule has 0 aliphatic carbocycles. The number of aromatic nitrogens is 2. The Morgan fingerprint density at radius 1 is 1.26 bits per heavy atom. The van der Waals surface area contributed by atoms with Gasteiger partial charge in [-0.1, -0.05) is 31.1 Å². The number of ether oxygens (including phenoxy) is 1. The van der Waals surface area contributed by atoms with Crippen LogP contribution in [0.3, 0.4) is 0 Å². The van der Waals surface area contributed by atoms with Crippen molar-refractivity contribution >= 4 is 15.7 Å². The number of hydrogen-bond donors (Lipinski definition) is 0. The van der Waals surface area contributed by atoms with Crippen molar-refractivity contribution in [1.82, 2.24) is 15.0 Å². The Kier molecular flexibility index (Phi) is 5.81. The van der Waals surface area contributed by atoms with Crippen LogP contribution in [0.1, 0.15) is 56.3 Å². The molecule has 168 valence electrons. The van der Waals surface area contributed by atoms with E-state index < -0.39 is 14.6 Å². The number of hydrogen-bond acceptors (Lipinski definition) is 7. The van der Waals surface area contributed by atoms with Gasteiger partial charge in [-0.15, -0.1) is 0 Å². The van der Waals surface area contributed by atoms with Crippen LogP contribution < -0.4 is 4.74 Å². The van der Waals surface area contributed by atoms with E-state index in [4.69, 9.17) is 9.26 Å². The minimum absolute atomic E-state index is 0.0437. The first kappa shape index (κ1) is 21.8. The van der Waals surface area contributed by atoms with Gasteiger partial charge in [-0.2, -0.15) is 4.98 Å². The summed E-state index contributed by atoms with van der Waals surface area (Å²) in [6.45, 7) is 4.40. The summed E-state index contributed by atoms with van der Waals surface area (Å²) in [5.41, 5.74) is 1.01. The van der Waals surface area contributed by atoms with Gasteiger partial charge in [0, 0.05) is 25.4 Å². The molecule has 0 bridgehead atoms. The van der Waals surface area contributed by atoms with E-state index in [1.54, 1.807) is 12.0 Å². The SMILES string of the molecule is CCC(CC)C(=O)N1CC2(C1)C(c1nc(Cc3ccc(OC)cc3)no1)CCS2(=O)=O. The van der Waals surface area contributed by atoms with E-state index in [0.29, 0.717) is 24.6 Å². The Labute approximate surface area is 182 Å². The van der Waals surface area contributed by atoms with Gasteiger partial charge >= 0.3 is 0 Å². The van der Waals surface area contributed by atoms with Crippen molar-refractivity contribution in [2.45, 2.75) is 50.2 Å². The third-order valence-electron chi connectivity index (χ3n) is 6.80. The minimum Gasteiger partial charge on any atom is -0.497 e. The van der Waals surface area contributed by atoms with Gasteiger partial charge in [0.1, 0.15) is 10.5 Å². The second-order valence-electron chi connectivity index (χ2n) is 8.51. The molecule has 2 fully saturated rings. The number of carbonyl (C=O) groups is 1. The fourth-order valence-corrected chi connectivity index (χ4v) is 7.09. The van der Waals surface area contributed by atoms with Crippen LogP contribution in [0.5, 0.6) is 5.75 Å². The fraction of sp³-hybridized carbons (Fsp3) is 0.591. The van der Waals surface area contributed by atoms with Gasteiger partial charge in [-0.3, -0.25) is 4.79 Å². The summed E-state index contributed by atoms with van der Waals surface area (Å²) in [6, 6.07) is 7.61. The molecule has 9 heteroatoms. The van der Waals surface area contributed by atoms with Crippen molar-refractivity contribution < 1.29 is 22.5 Å². The molecule has 0 N–H and O–H groups in total. The lowest BCUT2D eigenvalue weighted by atomic mass is 9.82. The van der Waals surface area contributed by atoms with Gasteiger partial charge in [0.25, 0.3) is 0 Å². The Morgan fingerprint density at radius 3 is 2.55 bits per heavy atom. The Hall–Kier alpha value is -2.42. The van der Waals surface area contributed by atoms with Crippen LogP contribution in [-0.4, -0.2) is 60.1 Å². The van der Waals surface area contributed by atoms with E-state index in [-0.39, 0.29) is 36.6 Å². The van der Waals surface area contributed by atoms with Crippen molar-refractivity contribution in [1.29, 1.82) is 0 Å². The molecule has 3 heterocycles. The van der Waals surface area contributed by atoms with Gasteiger partial charge < -0.3 is 14.2 Å². The first-order chi connectivity index (χ1) is 14.8. The zero-order valence-electron chi connectivity index (χ0n) is 18.2. The summed E-state index contributed by atoms with van der Waals surface area (Å²) in [5, 5.41) is 4.09. The molecule has 1 spiro atoms. The predicted molar refractivity (Wildman–Crippen MR) is 115 cm³/mol. The van der Waals surface area contributed by atoms with Crippen molar-refractivity contribution in [2.75, 3.05) is 26.0 Å². The maximum atomic E-state index is 12.9. The second-order valence-corrected chi connectivity index (χ2v) is 11.0. The number of nitrogens with zero attached hydrogens (tertiary/aromatic N) is 3. The molecule has 31 heavy (non-hydrogen) atoms. The average Bonchev–Trinajstić information content (AvgIpc) is 3.29. The van der Waals surface area contributed by atoms with Crippen molar-refractivity contribution in [3.63, 3.8) is 0 Å². The Bertz CT molecular complexity index is 1040. The minimum atomic E-state index is -3.35. The molecular formula is C22H29N3O5S. The van der Waals surface area contributed by atoms with Crippen LogP contribution in [0.15, 0.2) is 28.8 Å². The zero-order chi connectivity index (χ0) is 22.2. The first-order valence-electron chi connectivity index (χ1n) is 10.8. The average molecular weight is 448 g/mol. The van der Waals surface area contributed by atoms with Gasteiger partial charge in [0.15, 0.2) is 15.7 Å². The molecule has 1 atom stereocenters. The number of benzene rings is 1. The Morgan fingerprint density at radius 2 is 1.94 bits per heavy atom. The molecule has 2 aliphatic rings. The number of amides is 1. The molecule has 1 unspecified atom stereocenters. The Balaban J connectivity index is 1.51. The second kappa shape index (κ2) is 8.26. The fourth-order valence-electron chi connectivity index (χ4n) is 4.78. The highest BCUT2D eigenvalue weighted by Crippen LogP contribution is 2.49. The normalized spacial score (nSPS) is 21.4. The van der Waals surface area contributed by atoms with Crippen molar-refractivity contribution in [2.24, 2.45) is 5.92 Å². The van der Waals surface area contributed by atoms with Crippen LogP contribution in [0.2, 0.25) is 0 Å². The van der Waals surface area contributed by atoms with Crippen molar-refractivity contribution in [3.05, 3.63) is 41.5 Å². The molecule has 8 nitrogen and oxygen atoms in total. The molecule has 1 aromatic carbocycles. The standard InChI is InChI=1S/C22H29N3O5S/c1-4-16(5-2)21(26)25-13-22(14-25)18(10-11-31(22,27)28)20-23-19(24-30-20)12-15-6-8-17(29-3)9-7-15/h6-9,16,18H,4-5,10-14H2,1-3H3. The third kappa shape index (κ3) is 3.73. The number of rotatable bonds is 7. The van der Waals surface area contributed by atoms with E-state index in [2.05, 4.69) is 10.1 Å². The maximum absolute atomic E-state index is 12.9. The monoisotopic (exact) mass is 447 g/mol. The van der Waals surface area contributed by atoms with E-state index >= 15 is 0 Å². The van der Waals surface area contributed by atoms with Crippen LogP contribution in [0.4, 0.5) is 0 Å². The van der Waals surface area contributed by atoms with Gasteiger partial charge in [0.2, 0.25) is 11.8 Å². The first-order valence-corrected chi connectivity index (χ1v) is 12.4. The highest BCUT2D eigenvalue weighted by atomic mass is 32.2. The summed E-state index contributed by atoms with van der Waals surface area (Å²) in [4.78, 5) is 18.9. The number of likely N-dealkylation sites (tertiary alicyclic amines) is 1. The molecule has 4 rings (SSSR count). The molecule has 2 aromatic rings. The smallest absolute Gasteiger partial charge is 0.231 e. The molecule has 0 radical (unpaired) electrons. The van der Waals surface area contributed by atoms with Crippen LogP contribution in [0.25, 0.3) is 0 Å². The molecule has 1 aromatic heterocycles. The van der Waals surface area contributed by atoms with Gasteiger partial charge in [0.05, 0.1) is 18.8 Å². The topological polar surface area (TPSA) is 103 Å². The molecule has 1 amide bonds. The molecule has 2 aliphatic heterocycles. The highest BCUT2D eigenvalue weighted by Gasteiger charge is 2.64. The third-order valence-corrected chi connectivity index (χ3v) is 9.35. The quantitative estimate of drug-likeness (QED) is 0.643.